The summed E-state index contributed by atoms with van der Waals surface area (Å²) in [5.41, 5.74) is 3.04. The highest BCUT2D eigenvalue weighted by Gasteiger charge is 2.05. The molecule has 0 saturated carbocycles. The number of aryl methyl sites for hydroxylation is 3. The molecule has 1 heterocycles. The van der Waals surface area contributed by atoms with Gasteiger partial charge in [-0.25, -0.2) is 4.39 Å². The predicted octanol–water partition coefficient (Wildman–Crippen LogP) is 3.41. The lowest BCUT2D eigenvalue weighted by Crippen LogP contribution is -2.37. The second-order valence-electron chi connectivity index (χ2n) is 6.05. The zero-order chi connectivity index (χ0) is 18.9. The molecular formula is C19H29FIN5O. The lowest BCUT2D eigenvalue weighted by atomic mass is 10.2. The van der Waals surface area contributed by atoms with Crippen LogP contribution in [0, 0.1) is 19.7 Å². The number of aliphatic imine (C=N–C) groups is 1. The van der Waals surface area contributed by atoms with Gasteiger partial charge in [0.25, 0.3) is 0 Å². The smallest absolute Gasteiger partial charge is 0.191 e. The van der Waals surface area contributed by atoms with Crippen LogP contribution in [-0.2, 0) is 13.1 Å². The van der Waals surface area contributed by atoms with E-state index in [-0.39, 0.29) is 35.5 Å². The van der Waals surface area contributed by atoms with Crippen LogP contribution < -0.4 is 15.4 Å². The first-order chi connectivity index (χ1) is 12.5. The Bertz CT molecular complexity index is 748. The first kappa shape index (κ1) is 23.2. The highest BCUT2D eigenvalue weighted by atomic mass is 127. The zero-order valence-corrected chi connectivity index (χ0v) is 18.7. The van der Waals surface area contributed by atoms with Crippen molar-refractivity contribution in [2.24, 2.45) is 4.99 Å². The van der Waals surface area contributed by atoms with E-state index in [0.717, 1.165) is 30.8 Å². The zero-order valence-electron chi connectivity index (χ0n) is 16.4. The van der Waals surface area contributed by atoms with Crippen molar-refractivity contribution in [3.05, 3.63) is 47.0 Å². The number of hydrogen-bond acceptors (Lipinski definition) is 3. The van der Waals surface area contributed by atoms with Crippen LogP contribution in [0.5, 0.6) is 5.75 Å². The number of halogens is 2. The SMILES string of the molecule is CCOc1ccc(CNC(=NC)NCCCn2nc(C)cc2C)cc1F.I. The molecule has 8 heteroatoms. The number of hydrogen-bond donors (Lipinski definition) is 2. The van der Waals surface area contributed by atoms with Crippen LogP contribution in [0.15, 0.2) is 29.3 Å². The van der Waals surface area contributed by atoms with E-state index in [9.17, 15) is 4.39 Å². The minimum absolute atomic E-state index is 0. The monoisotopic (exact) mass is 489 g/mol. The molecule has 0 aliphatic carbocycles. The third-order valence-corrected chi connectivity index (χ3v) is 3.92. The molecule has 0 bridgehead atoms. The van der Waals surface area contributed by atoms with Gasteiger partial charge in [-0.05, 0) is 51.0 Å². The lowest BCUT2D eigenvalue weighted by Gasteiger charge is -2.13. The maximum atomic E-state index is 13.9. The van der Waals surface area contributed by atoms with E-state index < -0.39 is 0 Å². The van der Waals surface area contributed by atoms with Crippen molar-refractivity contribution in [3.63, 3.8) is 0 Å². The van der Waals surface area contributed by atoms with Crippen LogP contribution >= 0.6 is 24.0 Å². The summed E-state index contributed by atoms with van der Waals surface area (Å²) in [4.78, 5) is 4.19. The van der Waals surface area contributed by atoms with Crippen LogP contribution in [0.25, 0.3) is 0 Å². The molecule has 0 aliphatic heterocycles. The molecule has 2 rings (SSSR count). The molecular weight excluding hydrogens is 460 g/mol. The van der Waals surface area contributed by atoms with E-state index in [1.807, 2.05) is 24.6 Å². The van der Waals surface area contributed by atoms with Gasteiger partial charge in [0.15, 0.2) is 17.5 Å². The van der Waals surface area contributed by atoms with E-state index in [0.29, 0.717) is 19.1 Å². The molecule has 0 radical (unpaired) electrons. The van der Waals surface area contributed by atoms with Crippen molar-refractivity contribution < 1.29 is 9.13 Å². The van der Waals surface area contributed by atoms with Gasteiger partial charge in [0.1, 0.15) is 0 Å². The minimum atomic E-state index is -0.348. The number of nitrogens with one attached hydrogen (secondary N) is 2. The third kappa shape index (κ3) is 7.36. The summed E-state index contributed by atoms with van der Waals surface area (Å²) in [6.07, 6.45) is 0.931. The summed E-state index contributed by atoms with van der Waals surface area (Å²) in [5.74, 6) is 0.620. The molecule has 2 N–H and O–H groups in total. The Morgan fingerprint density at radius 1 is 1.26 bits per heavy atom. The van der Waals surface area contributed by atoms with Crippen molar-refractivity contribution in [1.29, 1.82) is 0 Å². The molecule has 6 nitrogen and oxygen atoms in total. The van der Waals surface area contributed by atoms with Crippen LogP contribution in [0.1, 0.15) is 30.3 Å². The van der Waals surface area contributed by atoms with Crippen molar-refractivity contribution >= 4 is 29.9 Å². The van der Waals surface area contributed by atoms with Crippen LogP contribution in [-0.4, -0.2) is 35.9 Å². The average Bonchev–Trinajstić information content (AvgIpc) is 2.94. The maximum absolute atomic E-state index is 13.9. The van der Waals surface area contributed by atoms with Gasteiger partial charge in [0, 0.05) is 32.4 Å². The minimum Gasteiger partial charge on any atom is -0.491 e. The number of rotatable bonds is 8. The Morgan fingerprint density at radius 2 is 2.04 bits per heavy atom. The Balaban J connectivity index is 0.00000364. The topological polar surface area (TPSA) is 63.5 Å². The van der Waals surface area contributed by atoms with Crippen molar-refractivity contribution in [2.45, 2.75) is 40.3 Å². The molecule has 0 aliphatic rings. The molecule has 2 aromatic rings. The van der Waals surface area contributed by atoms with Crippen molar-refractivity contribution in [1.82, 2.24) is 20.4 Å². The number of aromatic nitrogens is 2. The highest BCUT2D eigenvalue weighted by molar-refractivity contribution is 14.0. The van der Waals surface area contributed by atoms with Gasteiger partial charge in [-0.3, -0.25) is 9.67 Å². The van der Waals surface area contributed by atoms with Gasteiger partial charge < -0.3 is 15.4 Å². The highest BCUT2D eigenvalue weighted by Crippen LogP contribution is 2.18. The Morgan fingerprint density at radius 3 is 2.63 bits per heavy atom. The Labute approximate surface area is 177 Å². The number of nitrogens with zero attached hydrogens (tertiary/aromatic N) is 3. The molecule has 0 spiro atoms. The largest absolute Gasteiger partial charge is 0.491 e. The summed E-state index contributed by atoms with van der Waals surface area (Å²) in [7, 11) is 1.72. The molecule has 0 unspecified atom stereocenters. The van der Waals surface area contributed by atoms with Crippen LogP contribution in [0.4, 0.5) is 4.39 Å². The summed E-state index contributed by atoms with van der Waals surface area (Å²) >= 11 is 0. The summed E-state index contributed by atoms with van der Waals surface area (Å²) in [5, 5.41) is 10.9. The molecule has 0 saturated heterocycles. The second-order valence-corrected chi connectivity index (χ2v) is 6.05. The standard InChI is InChI=1S/C19H28FN5O.HI/c1-5-26-18-8-7-16(12-17(18)20)13-23-19(21-4)22-9-6-10-25-15(3)11-14(2)24-25;/h7-8,11-12H,5-6,9-10,13H2,1-4H3,(H2,21,22,23);1H. The summed E-state index contributed by atoms with van der Waals surface area (Å²) in [6.45, 7) is 8.45. The van der Waals surface area contributed by atoms with Gasteiger partial charge in [0.05, 0.1) is 12.3 Å². The fraction of sp³-hybridized carbons (Fsp3) is 0.474. The van der Waals surface area contributed by atoms with Gasteiger partial charge in [-0.1, -0.05) is 6.07 Å². The summed E-state index contributed by atoms with van der Waals surface area (Å²) in [6, 6.07) is 7.05. The molecule has 1 aromatic heterocycles. The third-order valence-electron chi connectivity index (χ3n) is 3.92. The van der Waals surface area contributed by atoms with E-state index in [2.05, 4.69) is 33.7 Å². The van der Waals surface area contributed by atoms with Crippen molar-refractivity contribution in [2.75, 3.05) is 20.2 Å². The van der Waals surface area contributed by atoms with E-state index in [1.54, 1.807) is 13.1 Å². The van der Waals surface area contributed by atoms with E-state index in [1.165, 1.54) is 11.8 Å². The first-order valence-electron chi connectivity index (χ1n) is 8.90. The molecule has 0 amide bonds. The van der Waals surface area contributed by atoms with Gasteiger partial charge >= 0.3 is 0 Å². The number of ether oxygens (including phenoxy) is 1. The Hall–Kier alpha value is -1.84. The number of benzene rings is 1. The number of guanidine groups is 1. The molecule has 27 heavy (non-hydrogen) atoms. The normalized spacial score (nSPS) is 11.1. The summed E-state index contributed by atoms with van der Waals surface area (Å²) < 4.78 is 21.1. The average molecular weight is 489 g/mol. The van der Waals surface area contributed by atoms with Crippen LogP contribution in [0.3, 0.4) is 0 Å². The molecule has 150 valence electrons. The van der Waals surface area contributed by atoms with Gasteiger partial charge in [0.2, 0.25) is 0 Å². The predicted molar refractivity (Wildman–Crippen MR) is 118 cm³/mol. The van der Waals surface area contributed by atoms with Crippen molar-refractivity contribution in [3.8, 4) is 5.75 Å². The van der Waals surface area contributed by atoms with Gasteiger partial charge in [-0.2, -0.15) is 5.10 Å². The van der Waals surface area contributed by atoms with Crippen LogP contribution in [0.2, 0.25) is 0 Å². The molecule has 1 aromatic carbocycles. The van der Waals surface area contributed by atoms with E-state index in [4.69, 9.17) is 4.74 Å². The fourth-order valence-electron chi connectivity index (χ4n) is 2.67. The lowest BCUT2D eigenvalue weighted by molar-refractivity contribution is 0.321. The second kappa shape index (κ2) is 11.8. The maximum Gasteiger partial charge on any atom is 0.191 e. The molecule has 0 atom stereocenters. The Kier molecular flexibility index (Phi) is 10.1. The van der Waals surface area contributed by atoms with Gasteiger partial charge in [-0.15, -0.1) is 24.0 Å². The first-order valence-corrected chi connectivity index (χ1v) is 8.90. The van der Waals surface area contributed by atoms with E-state index >= 15 is 0 Å². The molecule has 0 fully saturated rings. The quantitative estimate of drug-likeness (QED) is 0.258. The fourth-order valence-corrected chi connectivity index (χ4v) is 2.67.